The van der Waals surface area contributed by atoms with Crippen molar-refractivity contribution in [1.82, 2.24) is 20.3 Å². The van der Waals surface area contributed by atoms with Gasteiger partial charge in [0.05, 0.1) is 6.61 Å². The highest BCUT2D eigenvalue weighted by Crippen LogP contribution is 2.26. The van der Waals surface area contributed by atoms with Crippen LogP contribution in [0.1, 0.15) is 49.7 Å². The zero-order valence-corrected chi connectivity index (χ0v) is 16.8. The van der Waals surface area contributed by atoms with Crippen molar-refractivity contribution in [2.24, 2.45) is 5.92 Å². The fourth-order valence-corrected chi connectivity index (χ4v) is 4.07. The zero-order chi connectivity index (χ0) is 19.2. The SMILES string of the molecule is CCc1cnc(N2CCC(COc3ccc(C4CCNCC4)cn3)CC2)nc1. The Hall–Kier alpha value is -2.21. The van der Waals surface area contributed by atoms with Crippen LogP contribution in [-0.4, -0.2) is 47.7 Å². The topological polar surface area (TPSA) is 63.2 Å². The molecule has 0 saturated carbocycles. The van der Waals surface area contributed by atoms with Crippen LogP contribution in [0.15, 0.2) is 30.7 Å². The quantitative estimate of drug-likeness (QED) is 0.829. The molecular weight excluding hydrogens is 350 g/mol. The van der Waals surface area contributed by atoms with E-state index >= 15 is 0 Å². The second-order valence-electron chi connectivity index (χ2n) is 7.94. The van der Waals surface area contributed by atoms with Crippen LogP contribution < -0.4 is 15.0 Å². The van der Waals surface area contributed by atoms with Crippen molar-refractivity contribution in [1.29, 1.82) is 0 Å². The van der Waals surface area contributed by atoms with Crippen molar-refractivity contribution >= 4 is 5.95 Å². The van der Waals surface area contributed by atoms with E-state index < -0.39 is 0 Å². The number of anilines is 1. The maximum Gasteiger partial charge on any atom is 0.225 e. The molecular formula is C22H31N5O. The zero-order valence-electron chi connectivity index (χ0n) is 16.8. The third-order valence-electron chi connectivity index (χ3n) is 6.03. The van der Waals surface area contributed by atoms with Crippen molar-refractivity contribution < 1.29 is 4.74 Å². The molecule has 0 radical (unpaired) electrons. The number of nitrogens with zero attached hydrogens (tertiary/aromatic N) is 4. The number of piperidine rings is 2. The van der Waals surface area contributed by atoms with E-state index in [0.29, 0.717) is 11.8 Å². The van der Waals surface area contributed by atoms with Gasteiger partial charge in [0.25, 0.3) is 0 Å². The Morgan fingerprint density at radius 2 is 1.75 bits per heavy atom. The minimum atomic E-state index is 0.567. The first-order chi connectivity index (χ1) is 13.8. The summed E-state index contributed by atoms with van der Waals surface area (Å²) in [5.41, 5.74) is 2.53. The molecule has 0 amide bonds. The second-order valence-corrected chi connectivity index (χ2v) is 7.94. The van der Waals surface area contributed by atoms with E-state index in [0.717, 1.165) is 63.9 Å². The molecule has 4 heterocycles. The maximum absolute atomic E-state index is 5.99. The van der Waals surface area contributed by atoms with Crippen LogP contribution in [0.3, 0.4) is 0 Å². The first-order valence-electron chi connectivity index (χ1n) is 10.7. The predicted molar refractivity (Wildman–Crippen MR) is 111 cm³/mol. The molecule has 2 aliphatic heterocycles. The summed E-state index contributed by atoms with van der Waals surface area (Å²) in [6.07, 6.45) is 11.5. The lowest BCUT2D eigenvalue weighted by atomic mass is 9.91. The standard InChI is InChI=1S/C22H31N5O/c1-2-17-13-25-22(26-14-17)27-11-7-18(8-12-27)16-28-21-4-3-20(15-24-21)19-5-9-23-10-6-19/h3-4,13-15,18-19,23H,2,5-12,16H2,1H3. The maximum atomic E-state index is 5.99. The molecule has 0 aliphatic carbocycles. The lowest BCUT2D eigenvalue weighted by molar-refractivity contribution is 0.215. The molecule has 2 saturated heterocycles. The lowest BCUT2D eigenvalue weighted by Crippen LogP contribution is -2.36. The monoisotopic (exact) mass is 381 g/mol. The molecule has 2 aromatic rings. The third kappa shape index (κ3) is 4.79. The number of nitrogens with one attached hydrogen (secondary N) is 1. The number of ether oxygens (including phenoxy) is 1. The van der Waals surface area contributed by atoms with Crippen molar-refractivity contribution in [3.63, 3.8) is 0 Å². The van der Waals surface area contributed by atoms with Gasteiger partial charge in [-0.2, -0.15) is 0 Å². The van der Waals surface area contributed by atoms with E-state index in [1.165, 1.54) is 24.0 Å². The first-order valence-corrected chi connectivity index (χ1v) is 10.7. The summed E-state index contributed by atoms with van der Waals surface area (Å²) in [4.78, 5) is 15.8. The molecule has 4 rings (SSSR count). The number of rotatable bonds is 6. The fourth-order valence-electron chi connectivity index (χ4n) is 4.07. The van der Waals surface area contributed by atoms with Crippen LogP contribution in [0.2, 0.25) is 0 Å². The van der Waals surface area contributed by atoms with Crippen LogP contribution in [-0.2, 0) is 6.42 Å². The Morgan fingerprint density at radius 3 is 2.39 bits per heavy atom. The smallest absolute Gasteiger partial charge is 0.225 e. The molecule has 2 aliphatic rings. The first kappa shape index (κ1) is 19.1. The molecule has 2 aromatic heterocycles. The summed E-state index contributed by atoms with van der Waals surface area (Å²) in [5, 5.41) is 3.41. The van der Waals surface area contributed by atoms with Gasteiger partial charge in [-0.15, -0.1) is 0 Å². The minimum Gasteiger partial charge on any atom is -0.477 e. The second kappa shape index (κ2) is 9.32. The Balaban J connectivity index is 1.22. The van der Waals surface area contributed by atoms with Gasteiger partial charge in [-0.3, -0.25) is 0 Å². The van der Waals surface area contributed by atoms with Crippen molar-refractivity contribution in [2.75, 3.05) is 37.7 Å². The van der Waals surface area contributed by atoms with Gasteiger partial charge in [0.1, 0.15) is 0 Å². The van der Waals surface area contributed by atoms with E-state index in [2.05, 4.69) is 38.2 Å². The van der Waals surface area contributed by atoms with E-state index in [9.17, 15) is 0 Å². The largest absolute Gasteiger partial charge is 0.477 e. The van der Waals surface area contributed by atoms with Gasteiger partial charge in [-0.1, -0.05) is 13.0 Å². The number of aryl methyl sites for hydroxylation is 1. The van der Waals surface area contributed by atoms with Gasteiger partial charge in [-0.05, 0) is 68.2 Å². The Bertz CT molecular complexity index is 720. The average molecular weight is 382 g/mol. The fraction of sp³-hybridized carbons (Fsp3) is 0.591. The Morgan fingerprint density at radius 1 is 1.00 bits per heavy atom. The van der Waals surface area contributed by atoms with E-state index in [1.54, 1.807) is 0 Å². The molecule has 0 bridgehead atoms. The lowest BCUT2D eigenvalue weighted by Gasteiger charge is -2.31. The molecule has 28 heavy (non-hydrogen) atoms. The molecule has 0 spiro atoms. The summed E-state index contributed by atoms with van der Waals surface area (Å²) in [5.74, 6) is 2.81. The number of hydrogen-bond donors (Lipinski definition) is 1. The van der Waals surface area contributed by atoms with Crippen LogP contribution in [0.5, 0.6) is 5.88 Å². The van der Waals surface area contributed by atoms with Gasteiger partial charge in [0.2, 0.25) is 11.8 Å². The molecule has 1 N–H and O–H groups in total. The van der Waals surface area contributed by atoms with Gasteiger partial charge in [0.15, 0.2) is 0 Å². The molecule has 2 fully saturated rings. The van der Waals surface area contributed by atoms with Crippen molar-refractivity contribution in [3.05, 3.63) is 41.9 Å². The molecule has 0 aromatic carbocycles. The van der Waals surface area contributed by atoms with Crippen molar-refractivity contribution in [2.45, 2.75) is 44.9 Å². The summed E-state index contributed by atoms with van der Waals surface area (Å²) >= 11 is 0. The van der Waals surface area contributed by atoms with Gasteiger partial charge >= 0.3 is 0 Å². The summed E-state index contributed by atoms with van der Waals surface area (Å²) in [6.45, 7) is 7.05. The molecule has 0 atom stereocenters. The number of aromatic nitrogens is 3. The third-order valence-corrected chi connectivity index (χ3v) is 6.03. The van der Waals surface area contributed by atoms with Gasteiger partial charge < -0.3 is 15.0 Å². The Labute approximate surface area is 167 Å². The highest BCUT2D eigenvalue weighted by molar-refractivity contribution is 5.30. The van der Waals surface area contributed by atoms with Gasteiger partial charge in [0, 0.05) is 37.7 Å². The van der Waals surface area contributed by atoms with Crippen LogP contribution in [0.4, 0.5) is 5.95 Å². The van der Waals surface area contributed by atoms with Crippen LogP contribution in [0, 0.1) is 5.92 Å². The van der Waals surface area contributed by atoms with Gasteiger partial charge in [-0.25, -0.2) is 15.0 Å². The minimum absolute atomic E-state index is 0.567. The molecule has 150 valence electrons. The Kier molecular flexibility index (Phi) is 6.37. The number of hydrogen-bond acceptors (Lipinski definition) is 6. The van der Waals surface area contributed by atoms with Crippen LogP contribution >= 0.6 is 0 Å². The molecule has 6 nitrogen and oxygen atoms in total. The highest BCUT2D eigenvalue weighted by atomic mass is 16.5. The summed E-state index contributed by atoms with van der Waals surface area (Å²) in [6, 6.07) is 4.23. The van der Waals surface area contributed by atoms with Crippen LogP contribution in [0.25, 0.3) is 0 Å². The predicted octanol–water partition coefficient (Wildman–Crippen LogP) is 3.20. The summed E-state index contributed by atoms with van der Waals surface area (Å²) in [7, 11) is 0. The van der Waals surface area contributed by atoms with Crippen molar-refractivity contribution in [3.8, 4) is 5.88 Å². The molecule has 0 unspecified atom stereocenters. The normalized spacial score (nSPS) is 19.0. The van der Waals surface area contributed by atoms with E-state index in [-0.39, 0.29) is 0 Å². The summed E-state index contributed by atoms with van der Waals surface area (Å²) < 4.78 is 5.99. The van der Waals surface area contributed by atoms with E-state index in [4.69, 9.17) is 4.74 Å². The van der Waals surface area contributed by atoms with E-state index in [1.807, 2.05) is 24.7 Å². The average Bonchev–Trinajstić information content (AvgIpc) is 2.79. The number of pyridine rings is 1. The highest BCUT2D eigenvalue weighted by Gasteiger charge is 2.22. The molecule has 6 heteroatoms.